The molecule has 1 atom stereocenters. The highest BCUT2D eigenvalue weighted by atomic mass is 35.5. The van der Waals surface area contributed by atoms with Gasteiger partial charge in [0, 0.05) is 39.0 Å². The molecule has 3 amide bonds. The maximum Gasteiger partial charge on any atom is 0.227 e. The lowest BCUT2D eigenvalue weighted by Gasteiger charge is -2.18. The largest absolute Gasteiger partial charge is 0.355 e. The number of hydrogen-bond donors (Lipinski definition) is 1. The summed E-state index contributed by atoms with van der Waals surface area (Å²) in [5, 5.41) is 3.28. The molecule has 0 aromatic heterocycles. The molecule has 0 radical (unpaired) electrons. The second kappa shape index (κ2) is 7.87. The highest BCUT2D eigenvalue weighted by molar-refractivity contribution is 6.33. The van der Waals surface area contributed by atoms with Crippen molar-refractivity contribution in [2.75, 3.05) is 31.1 Å². The summed E-state index contributed by atoms with van der Waals surface area (Å²) in [6.45, 7) is 2.26. The molecule has 0 spiro atoms. The Balaban J connectivity index is 1.49. The Kier molecular flexibility index (Phi) is 5.58. The van der Waals surface area contributed by atoms with E-state index in [0.717, 1.165) is 25.9 Å². The average molecular weight is 364 g/mol. The lowest BCUT2D eigenvalue weighted by atomic mass is 10.1. The van der Waals surface area contributed by atoms with Gasteiger partial charge in [-0.2, -0.15) is 0 Å². The lowest BCUT2D eigenvalue weighted by molar-refractivity contribution is -0.130. The number of benzene rings is 1. The van der Waals surface area contributed by atoms with Gasteiger partial charge in [-0.1, -0.05) is 23.7 Å². The Morgan fingerprint density at radius 3 is 2.64 bits per heavy atom. The van der Waals surface area contributed by atoms with Crippen molar-refractivity contribution in [1.29, 1.82) is 0 Å². The van der Waals surface area contributed by atoms with Crippen molar-refractivity contribution < 1.29 is 14.4 Å². The zero-order chi connectivity index (χ0) is 17.8. The number of nitrogens with one attached hydrogen (secondary N) is 1. The summed E-state index contributed by atoms with van der Waals surface area (Å²) in [5.41, 5.74) is 0.633. The van der Waals surface area contributed by atoms with Crippen molar-refractivity contribution in [3.05, 3.63) is 29.3 Å². The van der Waals surface area contributed by atoms with E-state index in [9.17, 15) is 14.4 Å². The van der Waals surface area contributed by atoms with E-state index in [0.29, 0.717) is 30.2 Å². The van der Waals surface area contributed by atoms with Gasteiger partial charge in [0.15, 0.2) is 0 Å². The third-order valence-electron chi connectivity index (χ3n) is 4.74. The standard InChI is InChI=1S/C18H22ClN3O3/c19-14-5-1-2-6-15(14)22-12-13(11-17(22)24)18(25)20-8-7-16(23)21-9-3-4-10-21/h1-2,5-6,13H,3-4,7-12H2,(H,20,25). The van der Waals surface area contributed by atoms with E-state index in [1.807, 2.05) is 11.0 Å². The summed E-state index contributed by atoms with van der Waals surface area (Å²) < 4.78 is 0. The van der Waals surface area contributed by atoms with Crippen molar-refractivity contribution in [2.24, 2.45) is 5.92 Å². The molecule has 2 heterocycles. The monoisotopic (exact) mass is 363 g/mol. The fraction of sp³-hybridized carbons (Fsp3) is 0.500. The average Bonchev–Trinajstić information content (AvgIpc) is 3.25. The first-order valence-electron chi connectivity index (χ1n) is 8.66. The molecule has 25 heavy (non-hydrogen) atoms. The maximum absolute atomic E-state index is 12.3. The van der Waals surface area contributed by atoms with E-state index in [1.165, 1.54) is 0 Å². The van der Waals surface area contributed by atoms with Crippen molar-refractivity contribution in [2.45, 2.75) is 25.7 Å². The summed E-state index contributed by atoms with van der Waals surface area (Å²) in [7, 11) is 0. The lowest BCUT2D eigenvalue weighted by Crippen LogP contribution is -2.36. The minimum Gasteiger partial charge on any atom is -0.355 e. The molecule has 1 aromatic carbocycles. The van der Waals surface area contributed by atoms with Gasteiger partial charge in [0.25, 0.3) is 0 Å². The number of nitrogens with zero attached hydrogens (tertiary/aromatic N) is 2. The Morgan fingerprint density at radius 1 is 1.20 bits per heavy atom. The van der Waals surface area contributed by atoms with Gasteiger partial charge in [0.1, 0.15) is 0 Å². The number of halogens is 1. The van der Waals surface area contributed by atoms with Crippen molar-refractivity contribution in [1.82, 2.24) is 10.2 Å². The molecule has 2 aliphatic rings. The Labute approximate surface area is 152 Å². The minimum absolute atomic E-state index is 0.0815. The third kappa shape index (κ3) is 4.12. The van der Waals surface area contributed by atoms with Crippen molar-refractivity contribution in [3.8, 4) is 0 Å². The zero-order valence-electron chi connectivity index (χ0n) is 14.0. The second-order valence-corrected chi connectivity index (χ2v) is 6.89. The molecule has 7 heteroatoms. The molecule has 1 N–H and O–H groups in total. The molecule has 134 valence electrons. The van der Waals surface area contributed by atoms with E-state index in [-0.39, 0.29) is 24.1 Å². The molecule has 0 aliphatic carbocycles. The number of likely N-dealkylation sites (tertiary alicyclic amines) is 1. The number of anilines is 1. The molecule has 2 saturated heterocycles. The SMILES string of the molecule is O=C(NCCC(=O)N1CCCC1)C1CC(=O)N(c2ccccc2Cl)C1. The highest BCUT2D eigenvalue weighted by Crippen LogP contribution is 2.30. The molecular formula is C18H22ClN3O3. The minimum atomic E-state index is -0.411. The zero-order valence-corrected chi connectivity index (χ0v) is 14.8. The van der Waals surface area contributed by atoms with E-state index in [1.54, 1.807) is 23.1 Å². The first kappa shape index (κ1) is 17.7. The van der Waals surface area contributed by atoms with E-state index in [4.69, 9.17) is 11.6 Å². The summed E-state index contributed by atoms with van der Waals surface area (Å²) in [5.74, 6) is -0.623. The van der Waals surface area contributed by atoms with Crippen LogP contribution in [-0.4, -0.2) is 48.8 Å². The molecule has 0 bridgehead atoms. The van der Waals surface area contributed by atoms with E-state index >= 15 is 0 Å². The van der Waals surface area contributed by atoms with Crippen LogP contribution in [0.5, 0.6) is 0 Å². The Hall–Kier alpha value is -2.08. The van der Waals surface area contributed by atoms with Gasteiger partial charge in [-0.15, -0.1) is 0 Å². The van der Waals surface area contributed by atoms with Crippen LogP contribution in [0.15, 0.2) is 24.3 Å². The van der Waals surface area contributed by atoms with Gasteiger partial charge in [0.2, 0.25) is 17.7 Å². The molecule has 1 unspecified atom stereocenters. The van der Waals surface area contributed by atoms with Crippen LogP contribution in [-0.2, 0) is 14.4 Å². The van der Waals surface area contributed by atoms with Gasteiger partial charge >= 0.3 is 0 Å². The van der Waals surface area contributed by atoms with Gasteiger partial charge < -0.3 is 15.1 Å². The molecule has 1 aromatic rings. The molecular weight excluding hydrogens is 342 g/mol. The summed E-state index contributed by atoms with van der Waals surface area (Å²) in [4.78, 5) is 39.9. The van der Waals surface area contributed by atoms with Crippen LogP contribution in [0, 0.1) is 5.92 Å². The van der Waals surface area contributed by atoms with Crippen molar-refractivity contribution >= 4 is 35.0 Å². The van der Waals surface area contributed by atoms with Crippen LogP contribution in [0.4, 0.5) is 5.69 Å². The summed E-state index contributed by atoms with van der Waals surface area (Å²) >= 11 is 6.14. The number of carbonyl (C=O) groups excluding carboxylic acids is 3. The number of amides is 3. The highest BCUT2D eigenvalue weighted by Gasteiger charge is 2.35. The predicted octanol–water partition coefficient (Wildman–Crippen LogP) is 1.82. The Bertz CT molecular complexity index is 673. The number of para-hydroxylation sites is 1. The van der Waals surface area contributed by atoms with Crippen LogP contribution in [0.25, 0.3) is 0 Å². The van der Waals surface area contributed by atoms with Crippen molar-refractivity contribution in [3.63, 3.8) is 0 Å². The first-order chi connectivity index (χ1) is 12.1. The van der Waals surface area contributed by atoms with Gasteiger partial charge in [-0.3, -0.25) is 14.4 Å². The van der Waals surface area contributed by atoms with Gasteiger partial charge in [-0.05, 0) is 25.0 Å². The predicted molar refractivity (Wildman–Crippen MR) is 95.4 cm³/mol. The van der Waals surface area contributed by atoms with Crippen LogP contribution in [0.3, 0.4) is 0 Å². The first-order valence-corrected chi connectivity index (χ1v) is 9.04. The van der Waals surface area contributed by atoms with Gasteiger partial charge in [0.05, 0.1) is 16.6 Å². The number of hydrogen-bond acceptors (Lipinski definition) is 3. The topological polar surface area (TPSA) is 69.7 Å². The fourth-order valence-corrected chi connectivity index (χ4v) is 3.59. The van der Waals surface area contributed by atoms with E-state index in [2.05, 4.69) is 5.32 Å². The smallest absolute Gasteiger partial charge is 0.227 e. The van der Waals surface area contributed by atoms with Crippen LogP contribution < -0.4 is 10.2 Å². The van der Waals surface area contributed by atoms with Crippen LogP contribution >= 0.6 is 11.6 Å². The van der Waals surface area contributed by atoms with Crippen LogP contribution in [0.1, 0.15) is 25.7 Å². The summed E-state index contributed by atoms with van der Waals surface area (Å²) in [6, 6.07) is 7.11. The number of carbonyl (C=O) groups is 3. The molecule has 3 rings (SSSR count). The van der Waals surface area contributed by atoms with Gasteiger partial charge in [-0.25, -0.2) is 0 Å². The second-order valence-electron chi connectivity index (χ2n) is 6.49. The quantitative estimate of drug-likeness (QED) is 0.867. The molecule has 6 nitrogen and oxygen atoms in total. The van der Waals surface area contributed by atoms with E-state index < -0.39 is 5.92 Å². The molecule has 0 saturated carbocycles. The maximum atomic E-state index is 12.3. The number of rotatable bonds is 5. The Morgan fingerprint density at radius 2 is 1.92 bits per heavy atom. The summed E-state index contributed by atoms with van der Waals surface area (Å²) in [6.07, 6.45) is 2.58. The third-order valence-corrected chi connectivity index (χ3v) is 5.06. The molecule has 2 aliphatic heterocycles. The van der Waals surface area contributed by atoms with Crippen LogP contribution in [0.2, 0.25) is 5.02 Å². The fourth-order valence-electron chi connectivity index (χ4n) is 3.35. The normalized spacial score (nSPS) is 20.2. The molecule has 2 fully saturated rings.